The maximum atomic E-state index is 13.2. The van der Waals surface area contributed by atoms with Gasteiger partial charge in [-0.1, -0.05) is 12.1 Å². The van der Waals surface area contributed by atoms with Crippen molar-refractivity contribution < 1.29 is 13.6 Å². The van der Waals surface area contributed by atoms with Gasteiger partial charge in [0.25, 0.3) is 5.91 Å². The van der Waals surface area contributed by atoms with Crippen molar-refractivity contribution in [2.24, 2.45) is 5.92 Å². The lowest BCUT2D eigenvalue weighted by Crippen LogP contribution is -2.43. The fourth-order valence-corrected chi connectivity index (χ4v) is 3.44. The number of fused-ring (bicyclic) bond motifs is 2. The summed E-state index contributed by atoms with van der Waals surface area (Å²) in [5.41, 5.74) is 0.630. The molecule has 2 bridgehead atoms. The topological polar surface area (TPSA) is 45.5 Å². The minimum Gasteiger partial charge on any atom is -0.451 e. The smallest absolute Gasteiger partial charge is 0.287 e. The summed E-state index contributed by atoms with van der Waals surface area (Å²) in [5.74, 6) is 0.817. The second kappa shape index (κ2) is 5.25. The summed E-state index contributed by atoms with van der Waals surface area (Å²) < 4.78 is 18.8. The van der Waals surface area contributed by atoms with E-state index in [1.165, 1.54) is 12.1 Å². The first-order valence-corrected chi connectivity index (χ1v) is 7.58. The van der Waals surface area contributed by atoms with Crippen LogP contribution in [0.5, 0.6) is 0 Å². The van der Waals surface area contributed by atoms with Crippen molar-refractivity contribution in [3.05, 3.63) is 48.0 Å². The van der Waals surface area contributed by atoms with Gasteiger partial charge in [0, 0.05) is 24.7 Å². The molecule has 0 aliphatic carbocycles. The summed E-state index contributed by atoms with van der Waals surface area (Å²) in [6, 6.07) is 9.71. The first kappa shape index (κ1) is 13.5. The minimum atomic E-state index is -0.323. The van der Waals surface area contributed by atoms with E-state index in [0.29, 0.717) is 17.2 Å². The quantitative estimate of drug-likeness (QED) is 0.947. The van der Waals surface area contributed by atoms with Crippen LogP contribution in [-0.4, -0.2) is 36.5 Å². The van der Waals surface area contributed by atoms with E-state index in [4.69, 9.17) is 4.42 Å². The second-order valence-electron chi connectivity index (χ2n) is 6.06. The van der Waals surface area contributed by atoms with E-state index in [9.17, 15) is 9.18 Å². The van der Waals surface area contributed by atoms with E-state index in [1.54, 1.807) is 24.3 Å². The summed E-state index contributed by atoms with van der Waals surface area (Å²) in [5, 5.41) is 3.05. The average molecular weight is 300 g/mol. The Kier molecular flexibility index (Phi) is 3.22. The summed E-state index contributed by atoms with van der Waals surface area (Å²) in [6.45, 7) is 3.15. The van der Waals surface area contributed by atoms with Crippen LogP contribution in [0.3, 0.4) is 0 Å². The van der Waals surface area contributed by atoms with Crippen LogP contribution in [0.25, 0.3) is 11.3 Å². The Bertz CT molecular complexity index is 712. The molecule has 3 atom stereocenters. The minimum absolute atomic E-state index is 0.193. The predicted octanol–water partition coefficient (Wildman–Crippen LogP) is 2.52. The zero-order chi connectivity index (χ0) is 15.1. The van der Waals surface area contributed by atoms with Gasteiger partial charge in [0.15, 0.2) is 5.76 Å². The van der Waals surface area contributed by atoms with Gasteiger partial charge in [-0.05, 0) is 43.1 Å². The summed E-state index contributed by atoms with van der Waals surface area (Å²) in [6.07, 6.45) is 1.15. The Labute approximate surface area is 127 Å². The molecule has 22 heavy (non-hydrogen) atoms. The van der Waals surface area contributed by atoms with E-state index >= 15 is 0 Å². The van der Waals surface area contributed by atoms with Gasteiger partial charge in [0.2, 0.25) is 0 Å². The molecule has 1 amide bonds. The van der Waals surface area contributed by atoms with Crippen LogP contribution in [0.15, 0.2) is 40.8 Å². The number of nitrogens with one attached hydrogen (secondary N) is 1. The number of carbonyl (C=O) groups is 1. The Morgan fingerprint density at radius 3 is 2.91 bits per heavy atom. The van der Waals surface area contributed by atoms with Gasteiger partial charge in [-0.25, -0.2) is 4.39 Å². The van der Waals surface area contributed by atoms with Gasteiger partial charge in [-0.3, -0.25) is 4.79 Å². The van der Waals surface area contributed by atoms with Crippen molar-refractivity contribution in [2.75, 3.05) is 19.6 Å². The molecular weight excluding hydrogens is 283 g/mol. The van der Waals surface area contributed by atoms with Crippen molar-refractivity contribution in [1.82, 2.24) is 10.2 Å². The Morgan fingerprint density at radius 2 is 2.18 bits per heavy atom. The predicted molar refractivity (Wildman–Crippen MR) is 79.9 cm³/mol. The molecule has 5 heteroatoms. The molecule has 0 saturated carbocycles. The lowest BCUT2D eigenvalue weighted by atomic mass is 10.00. The number of piperidine rings is 1. The molecule has 1 aromatic carbocycles. The van der Waals surface area contributed by atoms with Gasteiger partial charge < -0.3 is 14.6 Å². The number of carbonyl (C=O) groups excluding carboxylic acids is 1. The number of hydrogen-bond acceptors (Lipinski definition) is 3. The van der Waals surface area contributed by atoms with Gasteiger partial charge in [0.1, 0.15) is 11.6 Å². The maximum absolute atomic E-state index is 13.2. The van der Waals surface area contributed by atoms with E-state index in [1.807, 2.05) is 0 Å². The highest BCUT2D eigenvalue weighted by molar-refractivity contribution is 5.92. The van der Waals surface area contributed by atoms with Gasteiger partial charge in [-0.2, -0.15) is 0 Å². The Balaban J connectivity index is 1.48. The molecule has 1 N–H and O–H groups in total. The van der Waals surface area contributed by atoms with Crippen LogP contribution >= 0.6 is 0 Å². The van der Waals surface area contributed by atoms with Crippen molar-refractivity contribution in [1.29, 1.82) is 0 Å². The molecule has 2 saturated heterocycles. The third-order valence-electron chi connectivity index (χ3n) is 4.59. The first-order valence-electron chi connectivity index (χ1n) is 7.58. The molecule has 0 spiro atoms. The van der Waals surface area contributed by atoms with Crippen LogP contribution in [0, 0.1) is 11.7 Å². The number of rotatable bonds is 3. The molecule has 4 rings (SSSR count). The number of furan rings is 1. The Morgan fingerprint density at radius 1 is 1.27 bits per heavy atom. The van der Waals surface area contributed by atoms with Crippen LogP contribution < -0.4 is 5.32 Å². The van der Waals surface area contributed by atoms with Crippen LogP contribution in [0.4, 0.5) is 4.39 Å². The molecule has 1 aromatic heterocycles. The molecule has 2 fully saturated rings. The van der Waals surface area contributed by atoms with E-state index in [-0.39, 0.29) is 23.5 Å². The fourth-order valence-electron chi connectivity index (χ4n) is 3.44. The molecular formula is C17H17FN2O2. The normalized spacial score (nSPS) is 26.3. The number of amides is 1. The van der Waals surface area contributed by atoms with Crippen LogP contribution in [0.1, 0.15) is 17.0 Å². The third kappa shape index (κ3) is 2.41. The molecule has 2 aromatic rings. The van der Waals surface area contributed by atoms with Crippen LogP contribution in [-0.2, 0) is 0 Å². The molecule has 4 nitrogen and oxygen atoms in total. The maximum Gasteiger partial charge on any atom is 0.287 e. The van der Waals surface area contributed by atoms with Crippen molar-refractivity contribution in [3.8, 4) is 11.3 Å². The first-order chi connectivity index (χ1) is 10.7. The summed E-state index contributed by atoms with van der Waals surface area (Å²) >= 11 is 0. The van der Waals surface area contributed by atoms with E-state index in [0.717, 1.165) is 26.1 Å². The van der Waals surface area contributed by atoms with Crippen molar-refractivity contribution in [3.63, 3.8) is 0 Å². The van der Waals surface area contributed by atoms with E-state index < -0.39 is 0 Å². The number of nitrogens with zero attached hydrogens (tertiary/aromatic N) is 1. The monoisotopic (exact) mass is 300 g/mol. The fraction of sp³-hybridized carbons (Fsp3) is 0.353. The standard InChI is InChI=1S/C17H17FN2O2/c18-13-3-1-2-11(8-13)15-4-5-16(22-15)17(21)19-14-10-20-7-6-12(14)9-20/h1-5,8,12,14H,6-7,9-10H2,(H,19,21). The SMILES string of the molecule is O=C(NC1CN2CCC1C2)c1ccc(-c2cccc(F)c2)o1. The highest BCUT2D eigenvalue weighted by atomic mass is 19.1. The van der Waals surface area contributed by atoms with Gasteiger partial charge >= 0.3 is 0 Å². The highest BCUT2D eigenvalue weighted by Gasteiger charge is 2.38. The third-order valence-corrected chi connectivity index (χ3v) is 4.59. The molecule has 3 heterocycles. The van der Waals surface area contributed by atoms with Crippen molar-refractivity contribution >= 4 is 5.91 Å². The van der Waals surface area contributed by atoms with E-state index in [2.05, 4.69) is 10.2 Å². The van der Waals surface area contributed by atoms with Crippen LogP contribution in [0.2, 0.25) is 0 Å². The summed E-state index contributed by atoms with van der Waals surface area (Å²) in [7, 11) is 0. The average Bonchev–Trinajstić information content (AvgIpc) is 3.23. The second-order valence-corrected chi connectivity index (χ2v) is 6.06. The summed E-state index contributed by atoms with van der Waals surface area (Å²) in [4.78, 5) is 14.7. The molecule has 3 unspecified atom stereocenters. The zero-order valence-corrected chi connectivity index (χ0v) is 12.1. The lowest BCUT2D eigenvalue weighted by molar-refractivity contribution is 0.0897. The lowest BCUT2D eigenvalue weighted by Gasteiger charge is -2.22. The van der Waals surface area contributed by atoms with Crippen molar-refractivity contribution in [2.45, 2.75) is 12.5 Å². The molecule has 2 aliphatic heterocycles. The molecule has 2 aliphatic rings. The number of benzene rings is 1. The van der Waals surface area contributed by atoms with Gasteiger partial charge in [-0.15, -0.1) is 0 Å². The Hall–Kier alpha value is -2.14. The van der Waals surface area contributed by atoms with Gasteiger partial charge in [0.05, 0.1) is 0 Å². The largest absolute Gasteiger partial charge is 0.451 e. The number of hydrogen-bond donors (Lipinski definition) is 1. The highest BCUT2D eigenvalue weighted by Crippen LogP contribution is 2.28. The molecule has 114 valence electrons. The zero-order valence-electron chi connectivity index (χ0n) is 12.1. The molecule has 0 radical (unpaired) electrons. The number of halogens is 1.